The summed E-state index contributed by atoms with van der Waals surface area (Å²) >= 11 is 3.39. The van der Waals surface area contributed by atoms with Crippen LogP contribution >= 0.6 is 33.9 Å². The number of nitrogens with two attached hydrogens (primary N) is 1. The van der Waals surface area contributed by atoms with Crippen LogP contribution in [0.25, 0.3) is 4.96 Å². The minimum atomic E-state index is -3.79. The monoisotopic (exact) mass is 420 g/mol. The second-order valence-electron chi connectivity index (χ2n) is 3.94. The summed E-state index contributed by atoms with van der Waals surface area (Å²) in [5.41, 5.74) is 6.24. The fourth-order valence-corrected chi connectivity index (χ4v) is 4.56. The minimum absolute atomic E-state index is 0.00436. The molecule has 0 fully saturated rings. The third-order valence-electron chi connectivity index (χ3n) is 2.62. The topological polar surface area (TPSA) is 89.5 Å². The van der Waals surface area contributed by atoms with Crippen molar-refractivity contribution in [3.8, 4) is 0 Å². The van der Waals surface area contributed by atoms with Crippen molar-refractivity contribution in [3.63, 3.8) is 0 Å². The molecule has 0 amide bonds. The molecule has 2 aromatic heterocycles. The van der Waals surface area contributed by atoms with E-state index in [2.05, 4.69) is 32.3 Å². The fraction of sp³-hybridized carbons (Fsp3) is 0. The molecule has 0 bridgehead atoms. The Morgan fingerprint density at radius 3 is 2.85 bits per heavy atom. The molecule has 9 heteroatoms. The fourth-order valence-electron chi connectivity index (χ4n) is 1.79. The molecular weight excluding hydrogens is 411 g/mol. The first-order valence-corrected chi connectivity index (χ1v) is 8.91. The van der Waals surface area contributed by atoms with Gasteiger partial charge in [0.05, 0.1) is 5.69 Å². The molecule has 6 nitrogen and oxygen atoms in total. The van der Waals surface area contributed by atoms with Gasteiger partial charge in [-0.2, -0.15) is 8.42 Å². The highest BCUT2D eigenvalue weighted by molar-refractivity contribution is 14.1. The zero-order valence-corrected chi connectivity index (χ0v) is 13.7. The summed E-state index contributed by atoms with van der Waals surface area (Å²) in [5, 5.41) is 1.72. The number of halogens is 1. The third kappa shape index (κ3) is 2.25. The number of hydrogen-bond acceptors (Lipinski definition) is 5. The van der Waals surface area contributed by atoms with Gasteiger partial charge in [-0.3, -0.25) is 9.12 Å². The lowest BCUT2D eigenvalue weighted by molar-refractivity contribution is 0.597. The van der Waals surface area contributed by atoms with E-state index >= 15 is 0 Å². The van der Waals surface area contributed by atoms with E-state index in [1.807, 2.05) is 12.1 Å². The van der Waals surface area contributed by atoms with Crippen LogP contribution in [0.15, 0.2) is 40.9 Å². The number of nitrogen functional groups attached to an aromatic ring is 1. The Morgan fingerprint density at radius 1 is 1.35 bits per heavy atom. The molecule has 0 spiro atoms. The predicted molar refractivity (Wildman–Crippen MR) is 87.4 cm³/mol. The first kappa shape index (κ1) is 13.6. The van der Waals surface area contributed by atoms with Gasteiger partial charge in [-0.1, -0.05) is 12.1 Å². The molecule has 0 aliphatic carbocycles. The van der Waals surface area contributed by atoms with Crippen LogP contribution in [0.4, 0.5) is 11.5 Å². The minimum Gasteiger partial charge on any atom is -0.381 e. The molecule has 1 aromatic carbocycles. The molecule has 0 atom stereocenters. The summed E-state index contributed by atoms with van der Waals surface area (Å²) in [6.07, 6.45) is 1.63. The molecule has 3 N–H and O–H groups in total. The third-order valence-corrected chi connectivity index (χ3v) is 5.72. The molecule has 0 aliphatic rings. The van der Waals surface area contributed by atoms with Gasteiger partial charge in [0.1, 0.15) is 0 Å². The molecule has 20 heavy (non-hydrogen) atoms. The smallest absolute Gasteiger partial charge is 0.281 e. The Morgan fingerprint density at radius 2 is 2.10 bits per heavy atom. The number of nitrogens with one attached hydrogen (secondary N) is 1. The molecular formula is C11H9IN4O2S2. The van der Waals surface area contributed by atoms with Crippen LogP contribution < -0.4 is 10.5 Å². The Kier molecular flexibility index (Phi) is 3.34. The van der Waals surface area contributed by atoms with Gasteiger partial charge in [-0.05, 0) is 34.7 Å². The molecule has 0 saturated carbocycles. The molecule has 0 radical (unpaired) electrons. The largest absolute Gasteiger partial charge is 0.381 e. The van der Waals surface area contributed by atoms with E-state index in [-0.39, 0.29) is 10.8 Å². The number of nitrogens with zero attached hydrogens (tertiary/aromatic N) is 2. The first-order valence-electron chi connectivity index (χ1n) is 5.47. The van der Waals surface area contributed by atoms with Crippen molar-refractivity contribution < 1.29 is 8.42 Å². The van der Waals surface area contributed by atoms with Crippen molar-refractivity contribution in [2.45, 2.75) is 5.03 Å². The van der Waals surface area contributed by atoms with E-state index < -0.39 is 10.0 Å². The maximum atomic E-state index is 12.5. The SMILES string of the molecule is Nc1nc2sccn2c1S(=O)(=O)Nc1ccccc1I. The van der Waals surface area contributed by atoms with Crippen molar-refractivity contribution >= 4 is 60.4 Å². The number of rotatable bonds is 3. The lowest BCUT2D eigenvalue weighted by atomic mass is 10.3. The summed E-state index contributed by atoms with van der Waals surface area (Å²) in [5.74, 6) is -0.00436. The van der Waals surface area contributed by atoms with Gasteiger partial charge < -0.3 is 5.73 Å². The Bertz CT molecular complexity index is 885. The average molecular weight is 420 g/mol. The standard InChI is InChI=1S/C11H9IN4O2S2/c12-7-3-1-2-4-8(7)15-20(17,18)10-9(13)14-11-16(10)5-6-19-11/h1-6,15H,13H2. The molecule has 3 rings (SSSR count). The quantitative estimate of drug-likeness (QED) is 0.637. The maximum absolute atomic E-state index is 12.5. The highest BCUT2D eigenvalue weighted by Gasteiger charge is 2.25. The first-order chi connectivity index (χ1) is 9.49. The van der Waals surface area contributed by atoms with E-state index in [0.29, 0.717) is 10.6 Å². The molecule has 3 aromatic rings. The Labute approximate surface area is 132 Å². The van der Waals surface area contributed by atoms with E-state index in [0.717, 1.165) is 3.57 Å². The van der Waals surface area contributed by atoms with Crippen LogP contribution in [0.3, 0.4) is 0 Å². The summed E-state index contributed by atoms with van der Waals surface area (Å²) in [6, 6.07) is 7.11. The molecule has 2 heterocycles. The van der Waals surface area contributed by atoms with Crippen molar-refractivity contribution in [1.29, 1.82) is 0 Å². The van der Waals surface area contributed by atoms with Crippen LogP contribution in [0.5, 0.6) is 0 Å². The summed E-state index contributed by atoms with van der Waals surface area (Å²) in [4.78, 5) is 4.59. The second kappa shape index (κ2) is 4.90. The number of thiazole rings is 1. The molecule has 0 unspecified atom stereocenters. The predicted octanol–water partition coefficient (Wildman–Crippen LogP) is 2.38. The maximum Gasteiger partial charge on any atom is 0.281 e. The summed E-state index contributed by atoms with van der Waals surface area (Å²) in [6.45, 7) is 0. The molecule has 0 saturated heterocycles. The van der Waals surface area contributed by atoms with Crippen molar-refractivity contribution in [3.05, 3.63) is 39.4 Å². The van der Waals surface area contributed by atoms with Crippen LogP contribution in [-0.2, 0) is 10.0 Å². The molecule has 0 aliphatic heterocycles. The van der Waals surface area contributed by atoms with E-state index in [1.165, 1.54) is 15.7 Å². The number of aromatic nitrogens is 2. The van der Waals surface area contributed by atoms with Gasteiger partial charge in [0, 0.05) is 15.1 Å². The van der Waals surface area contributed by atoms with Gasteiger partial charge in [0.2, 0.25) is 5.03 Å². The summed E-state index contributed by atoms with van der Waals surface area (Å²) in [7, 11) is -3.79. The normalized spacial score (nSPS) is 11.8. The number of sulfonamides is 1. The summed E-state index contributed by atoms with van der Waals surface area (Å²) < 4.78 is 29.8. The number of anilines is 2. The number of imidazole rings is 1. The van der Waals surface area contributed by atoms with E-state index in [1.54, 1.807) is 23.7 Å². The number of hydrogen-bond donors (Lipinski definition) is 2. The highest BCUT2D eigenvalue weighted by atomic mass is 127. The second-order valence-corrected chi connectivity index (χ2v) is 7.58. The zero-order valence-electron chi connectivity index (χ0n) is 9.95. The molecule has 104 valence electrons. The van der Waals surface area contributed by atoms with Gasteiger partial charge >= 0.3 is 0 Å². The van der Waals surface area contributed by atoms with E-state index in [4.69, 9.17) is 5.73 Å². The Hall–Kier alpha value is -1.33. The van der Waals surface area contributed by atoms with Gasteiger partial charge in [0.25, 0.3) is 10.0 Å². The lowest BCUT2D eigenvalue weighted by Crippen LogP contribution is -2.17. The van der Waals surface area contributed by atoms with Crippen LogP contribution in [0.2, 0.25) is 0 Å². The van der Waals surface area contributed by atoms with E-state index in [9.17, 15) is 8.42 Å². The number of fused-ring (bicyclic) bond motifs is 1. The lowest BCUT2D eigenvalue weighted by Gasteiger charge is -2.09. The number of benzene rings is 1. The van der Waals surface area contributed by atoms with Crippen LogP contribution in [-0.4, -0.2) is 17.8 Å². The average Bonchev–Trinajstić information content (AvgIpc) is 2.91. The van der Waals surface area contributed by atoms with Crippen LogP contribution in [0.1, 0.15) is 0 Å². The number of para-hydroxylation sites is 1. The van der Waals surface area contributed by atoms with Crippen molar-refractivity contribution in [2.75, 3.05) is 10.5 Å². The van der Waals surface area contributed by atoms with Gasteiger partial charge in [0.15, 0.2) is 10.8 Å². The zero-order chi connectivity index (χ0) is 14.3. The van der Waals surface area contributed by atoms with Gasteiger partial charge in [-0.15, -0.1) is 11.3 Å². The Balaban J connectivity index is 2.11. The highest BCUT2D eigenvalue weighted by Crippen LogP contribution is 2.26. The van der Waals surface area contributed by atoms with Crippen molar-refractivity contribution in [2.24, 2.45) is 0 Å². The van der Waals surface area contributed by atoms with Crippen molar-refractivity contribution in [1.82, 2.24) is 9.38 Å². The van der Waals surface area contributed by atoms with Crippen LogP contribution in [0, 0.1) is 3.57 Å². The van der Waals surface area contributed by atoms with Gasteiger partial charge in [-0.25, -0.2) is 4.98 Å².